The maximum atomic E-state index is 12.7. The van der Waals surface area contributed by atoms with Crippen LogP contribution >= 0.6 is 0 Å². The highest BCUT2D eigenvalue weighted by atomic mass is 16.4. The number of benzene rings is 2. The van der Waals surface area contributed by atoms with Crippen LogP contribution in [0, 0.1) is 0 Å². The summed E-state index contributed by atoms with van der Waals surface area (Å²) in [7, 11) is 0. The van der Waals surface area contributed by atoms with Crippen LogP contribution in [0.25, 0.3) is 6.08 Å². The zero-order valence-electron chi connectivity index (χ0n) is 15.1. The van der Waals surface area contributed by atoms with Crippen molar-refractivity contribution in [3.8, 4) is 0 Å². The molecule has 0 fully saturated rings. The number of aliphatic carboxylic acids is 1. The van der Waals surface area contributed by atoms with Gasteiger partial charge in [0.25, 0.3) is 5.91 Å². The highest BCUT2D eigenvalue weighted by Crippen LogP contribution is 2.25. The highest BCUT2D eigenvalue weighted by Gasteiger charge is 2.34. The van der Waals surface area contributed by atoms with Crippen molar-refractivity contribution in [3.05, 3.63) is 77.4 Å². The van der Waals surface area contributed by atoms with Crippen molar-refractivity contribution in [1.29, 1.82) is 0 Å². The quantitative estimate of drug-likeness (QED) is 0.804. The van der Waals surface area contributed by atoms with E-state index in [1.54, 1.807) is 30.3 Å². The first-order chi connectivity index (χ1) is 13.6. The molecule has 2 aromatic carbocycles. The Kier molecular flexibility index (Phi) is 4.76. The zero-order chi connectivity index (χ0) is 19.5. The van der Waals surface area contributed by atoms with E-state index in [0.717, 1.165) is 35.6 Å². The second kappa shape index (κ2) is 7.52. The van der Waals surface area contributed by atoms with E-state index < -0.39 is 11.9 Å². The van der Waals surface area contributed by atoms with Crippen LogP contribution < -0.4 is 10.3 Å². The van der Waals surface area contributed by atoms with Gasteiger partial charge in [0.2, 0.25) is 0 Å². The molecule has 0 saturated heterocycles. The van der Waals surface area contributed by atoms with Gasteiger partial charge in [0, 0.05) is 12.2 Å². The zero-order valence-corrected chi connectivity index (χ0v) is 15.1. The number of allylic oxidation sites excluding steroid dienone is 2. The number of nitrogens with one attached hydrogen (secondary N) is 1. The molecule has 6 nitrogen and oxygen atoms in total. The van der Waals surface area contributed by atoms with E-state index in [2.05, 4.69) is 16.5 Å². The normalized spacial score (nSPS) is 17.6. The second-order valence-corrected chi connectivity index (χ2v) is 6.59. The molecule has 140 valence electrons. The average molecular weight is 373 g/mol. The van der Waals surface area contributed by atoms with E-state index in [1.165, 1.54) is 11.6 Å². The third-order valence-corrected chi connectivity index (χ3v) is 4.70. The molecule has 0 radical (unpaired) electrons. The van der Waals surface area contributed by atoms with Crippen LogP contribution in [0.2, 0.25) is 0 Å². The Morgan fingerprint density at radius 3 is 2.79 bits per heavy atom. The molecule has 0 aliphatic carbocycles. The molecule has 0 saturated carbocycles. The standard InChI is InChI=1S/C22H19N3O3/c26-21-18(20(22(27)28)24-25(21)17-8-2-1-3-9-17)10-4-6-15-11-12-19-16(14-15)7-5-13-23-19/h1-4,6,8-12,14,23H,5,7,13H2,(H,27,28)/b6-4+,18-10-. The van der Waals surface area contributed by atoms with Crippen LogP contribution in [0.5, 0.6) is 0 Å². The molecule has 0 atom stereocenters. The molecule has 1 amide bonds. The van der Waals surface area contributed by atoms with Gasteiger partial charge in [-0.15, -0.1) is 0 Å². The van der Waals surface area contributed by atoms with Gasteiger partial charge in [-0.2, -0.15) is 10.1 Å². The van der Waals surface area contributed by atoms with Crippen LogP contribution in [0.1, 0.15) is 17.5 Å². The van der Waals surface area contributed by atoms with E-state index >= 15 is 0 Å². The first-order valence-electron chi connectivity index (χ1n) is 9.10. The molecule has 4 rings (SSSR count). The number of carboxylic acids is 1. The summed E-state index contributed by atoms with van der Waals surface area (Å²) in [6.07, 6.45) is 7.20. The van der Waals surface area contributed by atoms with Crippen LogP contribution in [0.4, 0.5) is 11.4 Å². The van der Waals surface area contributed by atoms with Crippen LogP contribution in [-0.2, 0) is 16.0 Å². The third-order valence-electron chi connectivity index (χ3n) is 4.70. The average Bonchev–Trinajstić information content (AvgIpc) is 3.05. The number of carboxylic acid groups (broad SMARTS) is 1. The van der Waals surface area contributed by atoms with E-state index in [-0.39, 0.29) is 11.3 Å². The molecule has 28 heavy (non-hydrogen) atoms. The Morgan fingerprint density at radius 1 is 1.18 bits per heavy atom. The minimum atomic E-state index is -1.23. The Balaban J connectivity index is 1.59. The lowest BCUT2D eigenvalue weighted by Crippen LogP contribution is -2.22. The number of hydrogen-bond donors (Lipinski definition) is 2. The van der Waals surface area contributed by atoms with E-state index in [9.17, 15) is 14.7 Å². The first kappa shape index (κ1) is 17.7. The fourth-order valence-electron chi connectivity index (χ4n) is 3.32. The Hall–Kier alpha value is -3.67. The van der Waals surface area contributed by atoms with Gasteiger partial charge in [0.15, 0.2) is 5.71 Å². The summed E-state index contributed by atoms with van der Waals surface area (Å²) >= 11 is 0. The van der Waals surface area contributed by atoms with Crippen molar-refractivity contribution in [2.45, 2.75) is 12.8 Å². The van der Waals surface area contributed by atoms with Crippen molar-refractivity contribution in [2.24, 2.45) is 5.10 Å². The molecule has 0 spiro atoms. The molecule has 0 aromatic heterocycles. The molecule has 0 bridgehead atoms. The third kappa shape index (κ3) is 3.44. The lowest BCUT2D eigenvalue weighted by Gasteiger charge is -2.17. The molecule has 6 heteroatoms. The number of carbonyl (C=O) groups excluding carboxylic acids is 1. The fourth-order valence-corrected chi connectivity index (χ4v) is 3.32. The summed E-state index contributed by atoms with van der Waals surface area (Å²) in [6.45, 7) is 0.992. The number of para-hydroxylation sites is 1. The Morgan fingerprint density at radius 2 is 2.00 bits per heavy atom. The van der Waals surface area contributed by atoms with E-state index in [0.29, 0.717) is 5.69 Å². The molecule has 2 aliphatic heterocycles. The van der Waals surface area contributed by atoms with Crippen molar-refractivity contribution in [1.82, 2.24) is 0 Å². The van der Waals surface area contributed by atoms with Gasteiger partial charge in [0.1, 0.15) is 0 Å². The molecule has 2 N–H and O–H groups in total. The lowest BCUT2D eigenvalue weighted by molar-refractivity contribution is -0.129. The molecule has 2 aromatic rings. The molecular formula is C22H19N3O3. The van der Waals surface area contributed by atoms with E-state index in [4.69, 9.17) is 0 Å². The number of anilines is 2. The smallest absolute Gasteiger partial charge is 0.357 e. The number of nitrogens with zero attached hydrogens (tertiary/aromatic N) is 2. The topological polar surface area (TPSA) is 82.0 Å². The van der Waals surface area contributed by atoms with Crippen LogP contribution in [0.15, 0.2) is 71.4 Å². The van der Waals surface area contributed by atoms with Crippen molar-refractivity contribution in [3.63, 3.8) is 0 Å². The predicted molar refractivity (Wildman–Crippen MR) is 109 cm³/mol. The van der Waals surface area contributed by atoms with Gasteiger partial charge in [0.05, 0.1) is 11.3 Å². The Labute approximate surface area is 162 Å². The van der Waals surface area contributed by atoms with E-state index in [1.807, 2.05) is 24.3 Å². The minimum Gasteiger partial charge on any atom is -0.476 e. The lowest BCUT2D eigenvalue weighted by atomic mass is 10.0. The summed E-state index contributed by atoms with van der Waals surface area (Å²) in [5.41, 5.74) is 3.76. The Bertz CT molecular complexity index is 1020. The van der Waals surface area contributed by atoms with Crippen LogP contribution in [0.3, 0.4) is 0 Å². The summed E-state index contributed by atoms with van der Waals surface area (Å²) in [6, 6.07) is 14.9. The maximum Gasteiger partial charge on any atom is 0.357 e. The van der Waals surface area contributed by atoms with Crippen molar-refractivity contribution < 1.29 is 14.7 Å². The monoisotopic (exact) mass is 373 g/mol. The number of rotatable bonds is 4. The largest absolute Gasteiger partial charge is 0.476 e. The minimum absolute atomic E-state index is 0.0622. The highest BCUT2D eigenvalue weighted by molar-refractivity contribution is 6.52. The number of amides is 1. The van der Waals surface area contributed by atoms with Crippen molar-refractivity contribution >= 4 is 35.0 Å². The van der Waals surface area contributed by atoms with Gasteiger partial charge < -0.3 is 10.4 Å². The molecule has 2 aliphatic rings. The number of carbonyl (C=O) groups is 2. The predicted octanol–water partition coefficient (Wildman–Crippen LogP) is 3.47. The van der Waals surface area contributed by atoms with Gasteiger partial charge >= 0.3 is 5.97 Å². The molecular weight excluding hydrogens is 354 g/mol. The summed E-state index contributed by atoms with van der Waals surface area (Å²) in [5.74, 6) is -1.69. The number of aryl methyl sites for hydroxylation is 1. The number of hydrazone groups is 1. The fraction of sp³-hybridized carbons (Fsp3) is 0.136. The number of hydrogen-bond acceptors (Lipinski definition) is 4. The second-order valence-electron chi connectivity index (χ2n) is 6.59. The van der Waals surface area contributed by atoms with Crippen LogP contribution in [-0.4, -0.2) is 29.2 Å². The van der Waals surface area contributed by atoms with Crippen molar-refractivity contribution in [2.75, 3.05) is 16.9 Å². The SMILES string of the molecule is O=C(O)C1=NN(c2ccccc2)C(=O)/C1=C\C=C\c1ccc2c(c1)CCCN2. The summed E-state index contributed by atoms with van der Waals surface area (Å²) < 4.78 is 0. The number of fused-ring (bicyclic) bond motifs is 1. The van der Waals surface area contributed by atoms with Gasteiger partial charge in [-0.1, -0.05) is 36.4 Å². The van der Waals surface area contributed by atoms with Gasteiger partial charge in [-0.25, -0.2) is 4.79 Å². The van der Waals surface area contributed by atoms with Gasteiger partial charge in [-0.3, -0.25) is 4.79 Å². The van der Waals surface area contributed by atoms with Gasteiger partial charge in [-0.05, 0) is 54.3 Å². The summed E-state index contributed by atoms with van der Waals surface area (Å²) in [4.78, 5) is 24.2. The first-order valence-corrected chi connectivity index (χ1v) is 9.10. The molecule has 0 unspecified atom stereocenters. The molecule has 2 heterocycles. The maximum absolute atomic E-state index is 12.7. The summed E-state index contributed by atoms with van der Waals surface area (Å²) in [5, 5.41) is 17.9.